The Bertz CT molecular complexity index is 1110. The zero-order valence-electron chi connectivity index (χ0n) is 16.6. The first kappa shape index (κ1) is 17.4. The van der Waals surface area contributed by atoms with E-state index in [1.165, 1.54) is 10.5 Å². The molecule has 6 rings (SSSR count). The van der Waals surface area contributed by atoms with Crippen molar-refractivity contribution in [3.05, 3.63) is 70.6 Å². The highest BCUT2D eigenvalue weighted by molar-refractivity contribution is 5.96. The van der Waals surface area contributed by atoms with Crippen molar-refractivity contribution < 1.29 is 19.1 Å². The number of fused-ring (bicyclic) bond motifs is 5. The van der Waals surface area contributed by atoms with Gasteiger partial charge in [0.25, 0.3) is 0 Å². The van der Waals surface area contributed by atoms with Crippen LogP contribution in [0.15, 0.2) is 65.0 Å². The van der Waals surface area contributed by atoms with Crippen molar-refractivity contribution in [3.8, 4) is 11.5 Å². The minimum atomic E-state index is -0.508. The summed E-state index contributed by atoms with van der Waals surface area (Å²) < 4.78 is 11.1. The molecule has 0 aromatic heterocycles. The second-order valence-electron chi connectivity index (χ2n) is 8.19. The fraction of sp³-hybridized carbons (Fsp3) is 0.304. The van der Waals surface area contributed by atoms with E-state index in [4.69, 9.17) is 9.47 Å². The van der Waals surface area contributed by atoms with Gasteiger partial charge in [-0.2, -0.15) is 0 Å². The Morgan fingerprint density at radius 3 is 2.83 bits per heavy atom. The van der Waals surface area contributed by atoms with Crippen LogP contribution in [0.5, 0.6) is 11.5 Å². The summed E-state index contributed by atoms with van der Waals surface area (Å²) in [6.07, 6.45) is 9.54. The average Bonchev–Trinajstić information content (AvgIpc) is 3.12. The molecule has 1 aromatic carbocycles. The second-order valence-corrected chi connectivity index (χ2v) is 8.19. The maximum absolute atomic E-state index is 13.2. The number of rotatable bonds is 1. The number of hydrogen-bond acceptors (Lipinski definition) is 5. The van der Waals surface area contributed by atoms with Gasteiger partial charge >= 0.3 is 0 Å². The molecule has 0 saturated carbocycles. The number of allylic oxidation sites excluding steroid dienone is 5. The quantitative estimate of drug-likeness (QED) is 0.778. The first-order valence-corrected chi connectivity index (χ1v) is 10.1. The number of likely N-dealkylation sites (N-methyl/N-ethyl adjacent to an activating group) is 1. The topological polar surface area (TPSA) is 71.1 Å². The molecule has 7 nitrogen and oxygen atoms in total. The molecule has 152 valence electrons. The molecule has 1 aliphatic carbocycles. The molecule has 1 fully saturated rings. The average molecular weight is 403 g/mol. The van der Waals surface area contributed by atoms with E-state index in [2.05, 4.69) is 17.5 Å². The van der Waals surface area contributed by atoms with Crippen LogP contribution in [-0.4, -0.2) is 48.0 Å². The molecular formula is C23H21N3O4. The standard InChI is InChI=1S/C23H21N3O4/c1-25-11-20(27)26-17(23(25)28)10-16-13-4-2-3-5-15(8-13)24-21(16)22(26)14-6-7-18-19(9-14)30-12-29-18/h2-7,9,17,22,24H,8,10-12H2,1H3/t17-,22-/m1/s1. The van der Waals surface area contributed by atoms with Crippen molar-refractivity contribution in [3.63, 3.8) is 0 Å². The van der Waals surface area contributed by atoms with E-state index < -0.39 is 6.04 Å². The molecule has 4 heterocycles. The third-order valence-electron chi connectivity index (χ3n) is 6.41. The predicted octanol–water partition coefficient (Wildman–Crippen LogP) is 2.16. The molecule has 30 heavy (non-hydrogen) atoms. The highest BCUT2D eigenvalue weighted by atomic mass is 16.7. The van der Waals surface area contributed by atoms with Crippen LogP contribution in [0.3, 0.4) is 0 Å². The number of benzene rings is 1. The van der Waals surface area contributed by atoms with Gasteiger partial charge in [0.1, 0.15) is 6.04 Å². The van der Waals surface area contributed by atoms with Crippen molar-refractivity contribution in [1.29, 1.82) is 0 Å². The highest BCUT2D eigenvalue weighted by Crippen LogP contribution is 2.47. The van der Waals surface area contributed by atoms with Gasteiger partial charge in [0, 0.05) is 31.3 Å². The molecule has 1 aromatic rings. The lowest BCUT2D eigenvalue weighted by Crippen LogP contribution is -2.62. The molecule has 1 N–H and O–H groups in total. The lowest BCUT2D eigenvalue weighted by atomic mass is 9.80. The van der Waals surface area contributed by atoms with Crippen LogP contribution < -0.4 is 14.8 Å². The van der Waals surface area contributed by atoms with Crippen LogP contribution in [0.25, 0.3) is 0 Å². The van der Waals surface area contributed by atoms with Gasteiger partial charge in [-0.25, -0.2) is 0 Å². The van der Waals surface area contributed by atoms with Gasteiger partial charge in [0.2, 0.25) is 18.6 Å². The van der Waals surface area contributed by atoms with Crippen LogP contribution in [0.2, 0.25) is 0 Å². The van der Waals surface area contributed by atoms with Crippen LogP contribution in [0.1, 0.15) is 24.4 Å². The maximum Gasteiger partial charge on any atom is 0.245 e. The van der Waals surface area contributed by atoms with Gasteiger partial charge < -0.3 is 24.6 Å². The van der Waals surface area contributed by atoms with E-state index in [1.54, 1.807) is 11.9 Å². The fourth-order valence-electron chi connectivity index (χ4n) is 5.02. The van der Waals surface area contributed by atoms with Gasteiger partial charge in [-0.15, -0.1) is 0 Å². The minimum absolute atomic E-state index is 0.0157. The number of hydrogen-bond donors (Lipinski definition) is 1. The molecule has 2 bridgehead atoms. The number of piperazine rings is 1. The lowest BCUT2D eigenvalue weighted by molar-refractivity contribution is -0.157. The Kier molecular flexibility index (Phi) is 3.63. The summed E-state index contributed by atoms with van der Waals surface area (Å²) in [4.78, 5) is 29.6. The summed E-state index contributed by atoms with van der Waals surface area (Å²) in [5, 5.41) is 3.58. The zero-order chi connectivity index (χ0) is 20.4. The normalized spacial score (nSPS) is 26.6. The predicted molar refractivity (Wildman–Crippen MR) is 108 cm³/mol. The number of nitrogens with one attached hydrogen (secondary N) is 1. The van der Waals surface area contributed by atoms with Gasteiger partial charge in [-0.3, -0.25) is 9.59 Å². The fourth-order valence-corrected chi connectivity index (χ4v) is 5.02. The van der Waals surface area contributed by atoms with E-state index in [9.17, 15) is 9.59 Å². The summed E-state index contributed by atoms with van der Waals surface area (Å²) in [5.74, 6) is 1.30. The van der Waals surface area contributed by atoms with Gasteiger partial charge in [0.05, 0.1) is 12.6 Å². The Morgan fingerprint density at radius 1 is 1.10 bits per heavy atom. The van der Waals surface area contributed by atoms with Crippen molar-refractivity contribution in [1.82, 2.24) is 15.1 Å². The Hall–Kier alpha value is -3.48. The SMILES string of the molecule is CN1CC(=O)N2[C@H](CC3=C(NC4=CC=CC=C3C4)[C@H]2c2ccc3c(c2)OCO3)C1=O. The van der Waals surface area contributed by atoms with Crippen molar-refractivity contribution in [2.45, 2.75) is 24.9 Å². The van der Waals surface area contributed by atoms with E-state index in [1.807, 2.05) is 30.4 Å². The molecule has 2 amide bonds. The summed E-state index contributed by atoms with van der Waals surface area (Å²) in [5.41, 5.74) is 5.29. The van der Waals surface area contributed by atoms with E-state index >= 15 is 0 Å². The molecule has 2 atom stereocenters. The third kappa shape index (κ3) is 2.44. The summed E-state index contributed by atoms with van der Waals surface area (Å²) in [6, 6.07) is 4.87. The van der Waals surface area contributed by atoms with Crippen LogP contribution in [-0.2, 0) is 9.59 Å². The zero-order valence-corrected chi connectivity index (χ0v) is 16.6. The smallest absolute Gasteiger partial charge is 0.245 e. The first-order valence-electron chi connectivity index (χ1n) is 10.1. The number of nitrogens with zero attached hydrogens (tertiary/aromatic N) is 2. The third-order valence-corrected chi connectivity index (χ3v) is 6.41. The molecule has 5 aliphatic rings. The molecule has 0 radical (unpaired) electrons. The second kappa shape index (κ2) is 6.26. The molecule has 4 aliphatic heterocycles. The van der Waals surface area contributed by atoms with Crippen LogP contribution in [0, 0.1) is 0 Å². The summed E-state index contributed by atoms with van der Waals surface area (Å²) in [6.45, 7) is 0.279. The minimum Gasteiger partial charge on any atom is -0.454 e. The Balaban J connectivity index is 1.55. The lowest BCUT2D eigenvalue weighted by Gasteiger charge is -2.49. The highest BCUT2D eigenvalue weighted by Gasteiger charge is 2.48. The van der Waals surface area contributed by atoms with Crippen LogP contribution in [0.4, 0.5) is 0 Å². The van der Waals surface area contributed by atoms with Crippen molar-refractivity contribution in [2.24, 2.45) is 0 Å². The molecule has 0 spiro atoms. The van der Waals surface area contributed by atoms with Gasteiger partial charge in [0.15, 0.2) is 11.5 Å². The Labute approximate surface area is 173 Å². The molecular weight excluding hydrogens is 382 g/mol. The number of amides is 2. The summed E-state index contributed by atoms with van der Waals surface area (Å²) in [7, 11) is 1.70. The first-order chi connectivity index (χ1) is 14.6. The van der Waals surface area contributed by atoms with Crippen LogP contribution >= 0.6 is 0 Å². The number of carbonyl (C=O) groups is 2. The number of ether oxygens (including phenoxy) is 2. The van der Waals surface area contributed by atoms with Gasteiger partial charge in [-0.1, -0.05) is 24.3 Å². The molecule has 0 unspecified atom stereocenters. The summed E-state index contributed by atoms with van der Waals surface area (Å²) >= 11 is 0. The molecule has 7 heteroatoms. The van der Waals surface area contributed by atoms with E-state index in [0.717, 1.165) is 29.0 Å². The monoisotopic (exact) mass is 403 g/mol. The maximum atomic E-state index is 13.2. The largest absolute Gasteiger partial charge is 0.454 e. The van der Waals surface area contributed by atoms with Gasteiger partial charge in [-0.05, 0) is 34.9 Å². The number of carbonyl (C=O) groups excluding carboxylic acids is 2. The van der Waals surface area contributed by atoms with Crippen molar-refractivity contribution in [2.75, 3.05) is 20.4 Å². The van der Waals surface area contributed by atoms with E-state index in [-0.39, 0.29) is 31.2 Å². The Morgan fingerprint density at radius 2 is 1.93 bits per heavy atom. The van der Waals surface area contributed by atoms with E-state index in [0.29, 0.717) is 17.9 Å². The van der Waals surface area contributed by atoms with Crippen molar-refractivity contribution >= 4 is 11.8 Å². The molecule has 1 saturated heterocycles.